The Morgan fingerprint density at radius 3 is 2.96 bits per heavy atom. The maximum Gasteiger partial charge on any atom is 0.226 e. The van der Waals surface area contributed by atoms with Crippen molar-refractivity contribution in [1.29, 1.82) is 0 Å². The van der Waals surface area contributed by atoms with E-state index >= 15 is 0 Å². The van der Waals surface area contributed by atoms with E-state index < -0.39 is 0 Å². The van der Waals surface area contributed by atoms with Gasteiger partial charge in [0.2, 0.25) is 5.91 Å². The highest BCUT2D eigenvalue weighted by Gasteiger charge is 2.16. The van der Waals surface area contributed by atoms with E-state index in [0.29, 0.717) is 17.5 Å². The number of hydrogen-bond acceptors (Lipinski definition) is 4. The number of hydrogen-bond donors (Lipinski definition) is 2. The molecule has 1 unspecified atom stereocenters. The Kier molecular flexibility index (Phi) is 4.76. The molecule has 0 saturated carbocycles. The van der Waals surface area contributed by atoms with Crippen LogP contribution in [0.1, 0.15) is 19.3 Å². The number of benzene rings is 2. The quantitative estimate of drug-likeness (QED) is 0.721. The van der Waals surface area contributed by atoms with E-state index in [1.807, 2.05) is 17.5 Å². The maximum atomic E-state index is 12.1. The Labute approximate surface area is 151 Å². The molecule has 4 rings (SSSR count). The Hall–Kier alpha value is -2.24. The van der Waals surface area contributed by atoms with Crippen LogP contribution in [0, 0.1) is 5.92 Å². The third-order valence-corrected chi connectivity index (χ3v) is 5.50. The average molecular weight is 351 g/mol. The number of rotatable bonds is 5. The van der Waals surface area contributed by atoms with Gasteiger partial charge in [-0.3, -0.25) is 4.79 Å². The molecule has 128 valence electrons. The molecule has 25 heavy (non-hydrogen) atoms. The van der Waals surface area contributed by atoms with E-state index in [9.17, 15) is 4.79 Å². The first-order chi connectivity index (χ1) is 12.3. The molecule has 0 bridgehead atoms. The van der Waals surface area contributed by atoms with E-state index in [-0.39, 0.29) is 5.91 Å². The van der Waals surface area contributed by atoms with Gasteiger partial charge in [-0.1, -0.05) is 36.4 Å². The molecule has 0 aliphatic carbocycles. The molecule has 2 N–H and O–H groups in total. The minimum atomic E-state index is 0.0614. The molecule has 1 aliphatic heterocycles. The molecule has 5 heteroatoms. The molecule has 3 aromatic rings. The third kappa shape index (κ3) is 3.89. The topological polar surface area (TPSA) is 54.0 Å². The van der Waals surface area contributed by atoms with Crippen LogP contribution in [0.15, 0.2) is 47.8 Å². The van der Waals surface area contributed by atoms with Gasteiger partial charge < -0.3 is 10.6 Å². The van der Waals surface area contributed by atoms with Crippen molar-refractivity contribution in [2.24, 2.45) is 5.92 Å². The average Bonchev–Trinajstić information content (AvgIpc) is 3.31. The van der Waals surface area contributed by atoms with Crippen molar-refractivity contribution < 1.29 is 4.79 Å². The van der Waals surface area contributed by atoms with Gasteiger partial charge in [-0.05, 0) is 48.7 Å². The van der Waals surface area contributed by atoms with E-state index in [2.05, 4.69) is 45.9 Å². The number of thiazole rings is 1. The van der Waals surface area contributed by atoms with E-state index in [0.717, 1.165) is 30.8 Å². The van der Waals surface area contributed by atoms with Crippen LogP contribution >= 0.6 is 11.3 Å². The van der Waals surface area contributed by atoms with E-state index in [4.69, 9.17) is 0 Å². The molecule has 0 radical (unpaired) electrons. The first-order valence-corrected chi connectivity index (χ1v) is 9.61. The summed E-state index contributed by atoms with van der Waals surface area (Å²) in [7, 11) is 0. The zero-order valence-electron chi connectivity index (χ0n) is 14.0. The number of carbonyl (C=O) groups excluding carboxylic acids is 1. The molecule has 2 heterocycles. The number of nitrogens with one attached hydrogen (secondary N) is 2. The summed E-state index contributed by atoms with van der Waals surface area (Å²) in [6, 6.07) is 14.6. The lowest BCUT2D eigenvalue weighted by Gasteiger charge is -2.07. The van der Waals surface area contributed by atoms with Gasteiger partial charge in [0.15, 0.2) is 5.13 Å². The van der Waals surface area contributed by atoms with Gasteiger partial charge in [-0.2, -0.15) is 0 Å². The smallest absolute Gasteiger partial charge is 0.226 e. The highest BCUT2D eigenvalue weighted by molar-refractivity contribution is 7.14. The standard InChI is InChI=1S/C20H21N3OS/c24-19(8-5-14-9-10-21-12-14)23-20-22-18(13-25-20)17-7-6-15-3-1-2-4-16(15)11-17/h1-4,6-7,11,13-14,21H,5,8-10,12H2,(H,22,23,24). The van der Waals surface area contributed by atoms with Crippen molar-refractivity contribution in [1.82, 2.24) is 10.3 Å². The Morgan fingerprint density at radius 1 is 1.24 bits per heavy atom. The minimum absolute atomic E-state index is 0.0614. The summed E-state index contributed by atoms with van der Waals surface area (Å²) in [6.07, 6.45) is 2.69. The van der Waals surface area contributed by atoms with E-state index in [1.54, 1.807) is 0 Å². The van der Waals surface area contributed by atoms with Gasteiger partial charge in [0.05, 0.1) is 5.69 Å². The van der Waals surface area contributed by atoms with Gasteiger partial charge >= 0.3 is 0 Å². The number of fused-ring (bicyclic) bond motifs is 1. The number of amides is 1. The third-order valence-electron chi connectivity index (χ3n) is 4.74. The molecule has 1 saturated heterocycles. The molecule has 0 spiro atoms. The number of carbonyl (C=O) groups is 1. The van der Waals surface area contributed by atoms with Crippen LogP contribution in [0.3, 0.4) is 0 Å². The molecule has 1 amide bonds. The highest BCUT2D eigenvalue weighted by Crippen LogP contribution is 2.28. The number of aromatic nitrogens is 1. The van der Waals surface area contributed by atoms with Gasteiger partial charge in [-0.15, -0.1) is 11.3 Å². The molecule has 2 aromatic carbocycles. The van der Waals surface area contributed by atoms with E-state index in [1.165, 1.54) is 28.5 Å². The number of anilines is 1. The molecule has 1 fully saturated rings. The minimum Gasteiger partial charge on any atom is -0.316 e. The van der Waals surface area contributed by atoms with Crippen LogP contribution in [0.5, 0.6) is 0 Å². The van der Waals surface area contributed by atoms with Crippen molar-refractivity contribution in [3.63, 3.8) is 0 Å². The van der Waals surface area contributed by atoms with Gasteiger partial charge in [0, 0.05) is 17.4 Å². The summed E-state index contributed by atoms with van der Waals surface area (Å²) in [6.45, 7) is 2.12. The van der Waals surface area contributed by atoms with Crippen molar-refractivity contribution in [3.8, 4) is 11.3 Å². The Bertz CT molecular complexity index is 883. The lowest BCUT2D eigenvalue weighted by atomic mass is 10.0. The molecule has 1 aliphatic rings. The largest absolute Gasteiger partial charge is 0.316 e. The van der Waals surface area contributed by atoms with Crippen LogP contribution in [0.2, 0.25) is 0 Å². The summed E-state index contributed by atoms with van der Waals surface area (Å²) < 4.78 is 0. The molecule has 1 atom stereocenters. The summed E-state index contributed by atoms with van der Waals surface area (Å²) >= 11 is 1.48. The zero-order valence-corrected chi connectivity index (χ0v) is 14.8. The summed E-state index contributed by atoms with van der Waals surface area (Å²) in [5.41, 5.74) is 1.98. The van der Waals surface area contributed by atoms with Gasteiger partial charge in [0.25, 0.3) is 0 Å². The van der Waals surface area contributed by atoms with Crippen LogP contribution in [-0.2, 0) is 4.79 Å². The fourth-order valence-electron chi connectivity index (χ4n) is 3.29. The summed E-state index contributed by atoms with van der Waals surface area (Å²) in [5, 5.41) is 11.4. The monoisotopic (exact) mass is 351 g/mol. The van der Waals surface area contributed by atoms with Crippen molar-refractivity contribution in [3.05, 3.63) is 47.8 Å². The predicted molar refractivity (Wildman–Crippen MR) is 104 cm³/mol. The lowest BCUT2D eigenvalue weighted by molar-refractivity contribution is -0.116. The van der Waals surface area contributed by atoms with Gasteiger partial charge in [-0.25, -0.2) is 4.98 Å². The number of nitrogens with zero attached hydrogens (tertiary/aromatic N) is 1. The molecular weight excluding hydrogens is 330 g/mol. The molecular formula is C20H21N3OS. The van der Waals surface area contributed by atoms with Crippen LogP contribution in [-0.4, -0.2) is 24.0 Å². The second-order valence-corrected chi connectivity index (χ2v) is 7.40. The summed E-state index contributed by atoms with van der Waals surface area (Å²) in [4.78, 5) is 16.7. The van der Waals surface area contributed by atoms with Crippen molar-refractivity contribution in [2.75, 3.05) is 18.4 Å². The predicted octanol–water partition coefficient (Wildman–Crippen LogP) is 4.29. The highest BCUT2D eigenvalue weighted by atomic mass is 32.1. The normalized spacial score (nSPS) is 17.0. The second kappa shape index (κ2) is 7.33. The lowest BCUT2D eigenvalue weighted by Crippen LogP contribution is -2.14. The SMILES string of the molecule is O=C(CCC1CCNC1)Nc1nc(-c2ccc3ccccc3c2)cs1. The Morgan fingerprint density at radius 2 is 2.12 bits per heavy atom. The van der Waals surface area contributed by atoms with Gasteiger partial charge in [0.1, 0.15) is 0 Å². The first-order valence-electron chi connectivity index (χ1n) is 8.73. The summed E-state index contributed by atoms with van der Waals surface area (Å²) in [5.74, 6) is 0.696. The van der Waals surface area contributed by atoms with Crippen molar-refractivity contribution in [2.45, 2.75) is 19.3 Å². The Balaban J connectivity index is 1.41. The molecule has 4 nitrogen and oxygen atoms in total. The van der Waals surface area contributed by atoms with Crippen LogP contribution in [0.25, 0.3) is 22.0 Å². The zero-order chi connectivity index (χ0) is 17.1. The van der Waals surface area contributed by atoms with Crippen LogP contribution in [0.4, 0.5) is 5.13 Å². The van der Waals surface area contributed by atoms with Crippen molar-refractivity contribution >= 4 is 33.1 Å². The second-order valence-electron chi connectivity index (χ2n) is 6.55. The maximum absolute atomic E-state index is 12.1. The first kappa shape index (κ1) is 16.2. The fourth-order valence-corrected chi connectivity index (χ4v) is 4.03. The fraction of sp³-hybridized carbons (Fsp3) is 0.300. The van der Waals surface area contributed by atoms with Crippen LogP contribution < -0.4 is 10.6 Å². The molecule has 1 aromatic heterocycles.